The van der Waals surface area contributed by atoms with Gasteiger partial charge in [-0.2, -0.15) is 5.10 Å². The maximum Gasteiger partial charge on any atom is 0.192 e. The predicted octanol–water partition coefficient (Wildman–Crippen LogP) is 3.78. The summed E-state index contributed by atoms with van der Waals surface area (Å²) in [5, 5.41) is 11.1. The highest BCUT2D eigenvalue weighted by Crippen LogP contribution is 2.30. The van der Waals surface area contributed by atoms with Crippen molar-refractivity contribution in [3.63, 3.8) is 0 Å². The van der Waals surface area contributed by atoms with Gasteiger partial charge in [0.25, 0.3) is 0 Å². The van der Waals surface area contributed by atoms with Crippen molar-refractivity contribution in [2.24, 2.45) is 18.0 Å². The first-order valence-corrected chi connectivity index (χ1v) is 10.3. The zero-order valence-electron chi connectivity index (χ0n) is 18.1. The Kier molecular flexibility index (Phi) is 6.77. The molecule has 1 heterocycles. The van der Waals surface area contributed by atoms with Crippen molar-refractivity contribution in [2.75, 3.05) is 13.2 Å². The molecule has 1 saturated carbocycles. The lowest BCUT2D eigenvalue weighted by molar-refractivity contribution is 0.285. The Morgan fingerprint density at radius 3 is 2.72 bits per heavy atom. The molecule has 0 bridgehead atoms. The van der Waals surface area contributed by atoms with Crippen LogP contribution in [0.15, 0.2) is 23.2 Å². The van der Waals surface area contributed by atoms with Crippen molar-refractivity contribution in [1.29, 1.82) is 0 Å². The summed E-state index contributed by atoms with van der Waals surface area (Å²) in [5.41, 5.74) is 4.07. The summed E-state index contributed by atoms with van der Waals surface area (Å²) in [5.74, 6) is 1.30. The third-order valence-corrected chi connectivity index (χ3v) is 5.38. The van der Waals surface area contributed by atoms with Gasteiger partial charge in [0.05, 0.1) is 24.9 Å². The zero-order chi connectivity index (χ0) is 21.0. The topological polar surface area (TPSA) is 63.5 Å². The standard InChI is InChI=1S/C22H32FN5O/c1-6-24-22(25-12-19-15(3)27-28(5)16(19)4)26-14(2)18-9-10-21(20(23)11-18)29-13-17-7-8-17/h9-11,14,17H,6-8,12-13H2,1-5H3,(H2,24,25,26). The first-order chi connectivity index (χ1) is 13.9. The number of halogens is 1. The van der Waals surface area contributed by atoms with Gasteiger partial charge in [-0.1, -0.05) is 6.07 Å². The van der Waals surface area contributed by atoms with Crippen LogP contribution < -0.4 is 15.4 Å². The fourth-order valence-corrected chi connectivity index (χ4v) is 3.21. The summed E-state index contributed by atoms with van der Waals surface area (Å²) in [6, 6.07) is 5.06. The van der Waals surface area contributed by atoms with E-state index in [1.165, 1.54) is 12.8 Å². The molecule has 0 amide bonds. The van der Waals surface area contributed by atoms with Crippen LogP contribution in [0, 0.1) is 25.6 Å². The fraction of sp³-hybridized carbons (Fsp3) is 0.545. The van der Waals surface area contributed by atoms with Crippen molar-refractivity contribution < 1.29 is 9.13 Å². The minimum Gasteiger partial charge on any atom is -0.490 e. The van der Waals surface area contributed by atoms with Crippen LogP contribution in [0.4, 0.5) is 4.39 Å². The van der Waals surface area contributed by atoms with Gasteiger partial charge in [0.15, 0.2) is 17.5 Å². The highest BCUT2D eigenvalue weighted by atomic mass is 19.1. The molecule has 158 valence electrons. The number of rotatable bonds is 8. The molecular weight excluding hydrogens is 369 g/mol. The Morgan fingerprint density at radius 2 is 2.14 bits per heavy atom. The van der Waals surface area contributed by atoms with Crippen molar-refractivity contribution in [1.82, 2.24) is 20.4 Å². The molecular formula is C22H32FN5O. The first-order valence-electron chi connectivity index (χ1n) is 10.3. The van der Waals surface area contributed by atoms with Crippen LogP contribution in [0.3, 0.4) is 0 Å². The number of hydrogen-bond acceptors (Lipinski definition) is 3. The molecule has 29 heavy (non-hydrogen) atoms. The molecule has 2 N–H and O–H groups in total. The number of aromatic nitrogens is 2. The summed E-state index contributed by atoms with van der Waals surface area (Å²) < 4.78 is 21.9. The second-order valence-corrected chi connectivity index (χ2v) is 7.78. The van der Waals surface area contributed by atoms with E-state index in [2.05, 4.69) is 15.7 Å². The molecule has 0 aliphatic heterocycles. The van der Waals surface area contributed by atoms with Crippen LogP contribution in [0.25, 0.3) is 0 Å². The molecule has 7 heteroatoms. The molecule has 1 atom stereocenters. The monoisotopic (exact) mass is 401 g/mol. The van der Waals surface area contributed by atoms with Gasteiger partial charge in [-0.3, -0.25) is 4.68 Å². The number of nitrogens with zero attached hydrogens (tertiary/aromatic N) is 3. The van der Waals surface area contributed by atoms with Crippen LogP contribution in [-0.4, -0.2) is 28.9 Å². The van der Waals surface area contributed by atoms with E-state index in [4.69, 9.17) is 9.73 Å². The Bertz CT molecular complexity index is 872. The molecule has 0 spiro atoms. The largest absolute Gasteiger partial charge is 0.490 e. The third-order valence-electron chi connectivity index (χ3n) is 5.38. The molecule has 6 nitrogen and oxygen atoms in total. The molecule has 1 unspecified atom stereocenters. The molecule has 1 aromatic heterocycles. The van der Waals surface area contributed by atoms with Crippen LogP contribution >= 0.6 is 0 Å². The Balaban J connectivity index is 1.66. The Morgan fingerprint density at radius 1 is 1.38 bits per heavy atom. The van der Waals surface area contributed by atoms with Crippen LogP contribution in [0.2, 0.25) is 0 Å². The number of hydrogen-bond donors (Lipinski definition) is 2. The summed E-state index contributed by atoms with van der Waals surface area (Å²) in [6.45, 7) is 9.94. The van der Waals surface area contributed by atoms with Crippen LogP contribution in [0.5, 0.6) is 5.75 Å². The van der Waals surface area contributed by atoms with Gasteiger partial charge in [0.1, 0.15) is 0 Å². The lowest BCUT2D eigenvalue weighted by Gasteiger charge is -2.19. The van der Waals surface area contributed by atoms with E-state index in [0.717, 1.165) is 29.1 Å². The predicted molar refractivity (Wildman–Crippen MR) is 114 cm³/mol. The number of aryl methyl sites for hydroxylation is 2. The lowest BCUT2D eigenvalue weighted by Crippen LogP contribution is -2.38. The van der Waals surface area contributed by atoms with Crippen LogP contribution in [-0.2, 0) is 13.6 Å². The zero-order valence-corrected chi connectivity index (χ0v) is 18.1. The highest BCUT2D eigenvalue weighted by molar-refractivity contribution is 5.80. The number of ether oxygens (including phenoxy) is 1. The number of nitrogens with one attached hydrogen (secondary N) is 2. The van der Waals surface area contributed by atoms with Gasteiger partial charge in [-0.15, -0.1) is 0 Å². The van der Waals surface area contributed by atoms with Crippen molar-refractivity contribution >= 4 is 5.96 Å². The van der Waals surface area contributed by atoms with Crippen LogP contribution in [0.1, 0.15) is 55.2 Å². The van der Waals surface area contributed by atoms with E-state index in [1.54, 1.807) is 12.1 Å². The molecule has 3 rings (SSSR count). The normalized spacial score (nSPS) is 15.3. The molecule has 0 radical (unpaired) electrons. The summed E-state index contributed by atoms with van der Waals surface area (Å²) in [6.07, 6.45) is 2.37. The van der Waals surface area contributed by atoms with Gasteiger partial charge >= 0.3 is 0 Å². The average Bonchev–Trinajstić information content (AvgIpc) is 3.47. The van der Waals surface area contributed by atoms with Gasteiger partial charge in [-0.25, -0.2) is 9.38 Å². The van der Waals surface area contributed by atoms with E-state index < -0.39 is 0 Å². The molecule has 1 fully saturated rings. The van der Waals surface area contributed by atoms with Crippen molar-refractivity contribution in [3.05, 3.63) is 46.5 Å². The SMILES string of the molecule is CCNC(=NCc1c(C)nn(C)c1C)NC(C)c1ccc(OCC2CC2)c(F)c1. The van der Waals surface area contributed by atoms with Gasteiger partial charge in [-0.05, 0) is 64.2 Å². The fourth-order valence-electron chi connectivity index (χ4n) is 3.21. The van der Waals surface area contributed by atoms with E-state index in [1.807, 2.05) is 45.5 Å². The quantitative estimate of drug-likeness (QED) is 0.522. The summed E-state index contributed by atoms with van der Waals surface area (Å²) >= 11 is 0. The minimum absolute atomic E-state index is 0.101. The van der Waals surface area contributed by atoms with E-state index in [-0.39, 0.29) is 11.9 Å². The Labute approximate surface area is 172 Å². The number of aliphatic imine (C=N–C) groups is 1. The van der Waals surface area contributed by atoms with E-state index in [9.17, 15) is 4.39 Å². The smallest absolute Gasteiger partial charge is 0.192 e. The second kappa shape index (κ2) is 9.29. The van der Waals surface area contributed by atoms with E-state index in [0.29, 0.717) is 30.8 Å². The molecule has 1 aromatic carbocycles. The number of benzene rings is 1. The minimum atomic E-state index is -0.319. The van der Waals surface area contributed by atoms with Crippen molar-refractivity contribution in [3.8, 4) is 5.75 Å². The average molecular weight is 402 g/mol. The van der Waals surface area contributed by atoms with Crippen molar-refractivity contribution in [2.45, 2.75) is 53.1 Å². The highest BCUT2D eigenvalue weighted by Gasteiger charge is 2.22. The maximum absolute atomic E-state index is 14.4. The summed E-state index contributed by atoms with van der Waals surface area (Å²) in [7, 11) is 1.94. The second-order valence-electron chi connectivity index (χ2n) is 7.78. The first kappa shape index (κ1) is 21.1. The summed E-state index contributed by atoms with van der Waals surface area (Å²) in [4.78, 5) is 4.70. The van der Waals surface area contributed by atoms with E-state index >= 15 is 0 Å². The van der Waals surface area contributed by atoms with Gasteiger partial charge in [0.2, 0.25) is 0 Å². The molecule has 2 aromatic rings. The third kappa shape index (κ3) is 5.49. The Hall–Kier alpha value is -2.57. The lowest BCUT2D eigenvalue weighted by atomic mass is 10.1. The van der Waals surface area contributed by atoms with Gasteiger partial charge in [0, 0.05) is 24.8 Å². The maximum atomic E-state index is 14.4. The molecule has 1 aliphatic rings. The number of guanidine groups is 1. The van der Waals surface area contributed by atoms with Gasteiger partial charge < -0.3 is 15.4 Å². The molecule has 1 aliphatic carbocycles. The molecule has 0 saturated heterocycles.